The molecule has 0 radical (unpaired) electrons. The number of nitrogens with one attached hydrogen (secondary N) is 1. The largest absolute Gasteiger partial charge is 0.378 e. The summed E-state index contributed by atoms with van der Waals surface area (Å²) in [6.07, 6.45) is 1.07. The minimum atomic E-state index is -3.53. The molecule has 10 heteroatoms. The Bertz CT molecular complexity index is 1000. The number of hydrogen-bond acceptors (Lipinski definition) is 8. The fourth-order valence-corrected chi connectivity index (χ4v) is 3.96. The Labute approximate surface area is 151 Å². The molecule has 1 N–H and O–H groups in total. The van der Waals surface area contributed by atoms with Crippen LogP contribution in [0, 0.1) is 0 Å². The number of halogens is 1. The summed E-state index contributed by atoms with van der Waals surface area (Å²) in [4.78, 5) is 12.5. The summed E-state index contributed by atoms with van der Waals surface area (Å²) in [5.41, 5.74) is 1.32. The van der Waals surface area contributed by atoms with Gasteiger partial charge in [0.05, 0.1) is 22.5 Å². The van der Waals surface area contributed by atoms with Crippen molar-refractivity contribution in [3.63, 3.8) is 0 Å². The van der Waals surface area contributed by atoms with Gasteiger partial charge in [-0.15, -0.1) is 0 Å². The Kier molecular flexibility index (Phi) is 4.81. The van der Waals surface area contributed by atoms with Crippen LogP contribution in [0.2, 0.25) is 0 Å². The molecule has 3 aromatic rings. The second-order valence-electron chi connectivity index (χ2n) is 4.99. The van der Waals surface area contributed by atoms with E-state index < -0.39 is 9.84 Å². The second kappa shape index (κ2) is 6.71. The van der Waals surface area contributed by atoms with Crippen molar-refractivity contribution in [2.75, 3.05) is 18.7 Å². The fourth-order valence-electron chi connectivity index (χ4n) is 1.99. The molecule has 0 aliphatic carbocycles. The van der Waals surface area contributed by atoms with Gasteiger partial charge in [0.25, 0.3) is 0 Å². The van der Waals surface area contributed by atoms with Crippen LogP contribution < -0.4 is 5.32 Å². The van der Waals surface area contributed by atoms with Crippen LogP contribution in [0.3, 0.4) is 0 Å². The molecule has 0 amide bonds. The van der Waals surface area contributed by atoms with Crippen LogP contribution in [0.4, 0.5) is 10.9 Å². The quantitative estimate of drug-likeness (QED) is 0.623. The average Bonchev–Trinajstić information content (AvgIpc) is 2.87. The van der Waals surface area contributed by atoms with Crippen molar-refractivity contribution in [2.24, 2.45) is 0 Å². The number of rotatable bonds is 5. The molecular formula is C14H13BrN4O3S2. The normalized spacial score (nSPS) is 11.8. The van der Waals surface area contributed by atoms with Crippen molar-refractivity contribution in [3.8, 4) is 0 Å². The number of fused-ring (bicyclic) bond motifs is 1. The highest BCUT2D eigenvalue weighted by atomic mass is 79.9. The van der Waals surface area contributed by atoms with Gasteiger partial charge < -0.3 is 10.1 Å². The molecule has 2 aromatic heterocycles. The molecule has 7 nitrogen and oxygen atoms in total. The van der Waals surface area contributed by atoms with Crippen molar-refractivity contribution < 1.29 is 13.2 Å². The molecule has 0 saturated heterocycles. The second-order valence-corrected chi connectivity index (χ2v) is 8.84. The molecule has 0 spiro atoms. The molecule has 0 aliphatic heterocycles. The lowest BCUT2D eigenvalue weighted by Gasteiger charge is -2.07. The van der Waals surface area contributed by atoms with Crippen LogP contribution in [-0.4, -0.2) is 36.7 Å². The Balaban J connectivity index is 1.99. The van der Waals surface area contributed by atoms with Gasteiger partial charge in [-0.2, -0.15) is 0 Å². The van der Waals surface area contributed by atoms with Crippen molar-refractivity contribution in [1.29, 1.82) is 0 Å². The van der Waals surface area contributed by atoms with Gasteiger partial charge in [-0.25, -0.2) is 23.4 Å². The molecule has 1 aromatic carbocycles. The van der Waals surface area contributed by atoms with Crippen molar-refractivity contribution in [1.82, 2.24) is 15.0 Å². The maximum Gasteiger partial charge on any atom is 0.249 e. The number of anilines is 2. The number of sulfone groups is 1. The third kappa shape index (κ3) is 3.89. The van der Waals surface area contributed by atoms with E-state index in [1.165, 1.54) is 18.4 Å². The maximum atomic E-state index is 11.8. The molecule has 0 saturated carbocycles. The zero-order valence-electron chi connectivity index (χ0n) is 12.8. The number of methoxy groups -OCH3 is 1. The lowest BCUT2D eigenvalue weighted by atomic mass is 10.3. The van der Waals surface area contributed by atoms with E-state index in [0.29, 0.717) is 16.6 Å². The third-order valence-electron chi connectivity index (χ3n) is 2.97. The lowest BCUT2D eigenvalue weighted by molar-refractivity contribution is 0.181. The summed E-state index contributed by atoms with van der Waals surface area (Å²) in [5.74, 6) is 0.357. The van der Waals surface area contributed by atoms with Crippen molar-refractivity contribution in [2.45, 2.75) is 11.8 Å². The smallest absolute Gasteiger partial charge is 0.249 e. The molecule has 24 heavy (non-hydrogen) atoms. The van der Waals surface area contributed by atoms with Crippen LogP contribution in [-0.2, 0) is 21.2 Å². The minimum absolute atomic E-state index is 0.187. The molecule has 3 rings (SSSR count). The molecule has 0 bridgehead atoms. The van der Waals surface area contributed by atoms with Crippen molar-refractivity contribution >= 4 is 58.3 Å². The molecule has 0 fully saturated rings. The van der Waals surface area contributed by atoms with Gasteiger partial charge in [0, 0.05) is 23.9 Å². The third-order valence-corrected chi connectivity index (χ3v) is 5.24. The first-order chi connectivity index (χ1) is 11.3. The Morgan fingerprint density at radius 1 is 1.25 bits per heavy atom. The number of benzene rings is 1. The molecule has 0 unspecified atom stereocenters. The van der Waals surface area contributed by atoms with E-state index in [4.69, 9.17) is 4.74 Å². The number of ether oxygens (including phenoxy) is 1. The predicted octanol–water partition coefficient (Wildman–Crippen LogP) is 3.14. The van der Waals surface area contributed by atoms with Gasteiger partial charge in [0.1, 0.15) is 5.82 Å². The first-order valence-electron chi connectivity index (χ1n) is 6.75. The summed E-state index contributed by atoms with van der Waals surface area (Å²) in [5, 5.41) is 3.41. The summed E-state index contributed by atoms with van der Waals surface area (Å²) in [6, 6.07) is 7.42. The molecule has 0 aliphatic rings. The monoisotopic (exact) mass is 428 g/mol. The van der Waals surface area contributed by atoms with E-state index in [0.717, 1.165) is 20.9 Å². The van der Waals surface area contributed by atoms with Crippen LogP contribution >= 0.6 is 27.3 Å². The molecule has 126 valence electrons. The Hall–Kier alpha value is -1.62. The average molecular weight is 429 g/mol. The number of thiazole rings is 1. The predicted molar refractivity (Wildman–Crippen MR) is 96.5 cm³/mol. The first-order valence-corrected chi connectivity index (χ1v) is 10.3. The van der Waals surface area contributed by atoms with E-state index in [1.807, 2.05) is 18.2 Å². The summed E-state index contributed by atoms with van der Waals surface area (Å²) in [6.45, 7) is 0.187. The topological polar surface area (TPSA) is 94.1 Å². The molecule has 0 atom stereocenters. The van der Waals surface area contributed by atoms with Gasteiger partial charge >= 0.3 is 0 Å². The van der Waals surface area contributed by atoms with Gasteiger partial charge in [0.15, 0.2) is 5.13 Å². The van der Waals surface area contributed by atoms with Crippen LogP contribution in [0.1, 0.15) is 5.69 Å². The molecule has 2 heterocycles. The molecular weight excluding hydrogens is 416 g/mol. The summed E-state index contributed by atoms with van der Waals surface area (Å²) in [7, 11) is -2.02. The van der Waals surface area contributed by atoms with Crippen LogP contribution in [0.25, 0.3) is 10.2 Å². The number of aromatic nitrogens is 3. The minimum Gasteiger partial charge on any atom is -0.378 e. The van der Waals surface area contributed by atoms with Gasteiger partial charge in [-0.3, -0.25) is 0 Å². The van der Waals surface area contributed by atoms with Crippen molar-refractivity contribution in [3.05, 3.63) is 34.4 Å². The van der Waals surface area contributed by atoms with Crippen LogP contribution in [0.15, 0.2) is 33.9 Å². The first kappa shape index (κ1) is 17.2. The Morgan fingerprint density at radius 2 is 2.04 bits per heavy atom. The summed E-state index contributed by atoms with van der Waals surface area (Å²) >= 11 is 4.87. The van der Waals surface area contributed by atoms with E-state index in [-0.39, 0.29) is 11.8 Å². The van der Waals surface area contributed by atoms with E-state index in [2.05, 4.69) is 36.2 Å². The standard InChI is InChI=1S/C14H13BrN4O3S2/c1-22-7-9-6-12(19-14(16-9)24(2,20)21)18-13-17-10-4-3-8(15)5-11(10)23-13/h3-6H,7H2,1-2H3,(H,16,17,18,19). The van der Waals surface area contributed by atoms with Gasteiger partial charge in [-0.1, -0.05) is 27.3 Å². The van der Waals surface area contributed by atoms with Gasteiger partial charge in [-0.05, 0) is 18.2 Å². The Morgan fingerprint density at radius 3 is 2.75 bits per heavy atom. The SMILES string of the molecule is COCc1cc(Nc2nc3ccc(Br)cc3s2)nc(S(C)(=O)=O)n1. The number of hydrogen-bond donors (Lipinski definition) is 1. The summed E-state index contributed by atoms with van der Waals surface area (Å²) < 4.78 is 30.5. The highest BCUT2D eigenvalue weighted by molar-refractivity contribution is 9.10. The fraction of sp³-hybridized carbons (Fsp3) is 0.214. The highest BCUT2D eigenvalue weighted by Gasteiger charge is 2.15. The van der Waals surface area contributed by atoms with E-state index in [9.17, 15) is 8.42 Å². The van der Waals surface area contributed by atoms with Crippen LogP contribution in [0.5, 0.6) is 0 Å². The van der Waals surface area contributed by atoms with Gasteiger partial charge in [0.2, 0.25) is 15.0 Å². The lowest BCUT2D eigenvalue weighted by Crippen LogP contribution is -2.09. The maximum absolute atomic E-state index is 11.8. The van der Waals surface area contributed by atoms with E-state index >= 15 is 0 Å². The van der Waals surface area contributed by atoms with E-state index in [1.54, 1.807) is 6.07 Å². The zero-order chi connectivity index (χ0) is 17.3. The highest BCUT2D eigenvalue weighted by Crippen LogP contribution is 2.30. The zero-order valence-corrected chi connectivity index (χ0v) is 16.0. The number of nitrogens with zero attached hydrogens (tertiary/aromatic N) is 3.